The van der Waals surface area contributed by atoms with Gasteiger partial charge in [0.2, 0.25) is 0 Å². The number of nitrogens with zero attached hydrogens (tertiary/aromatic N) is 4. The molecule has 1 aliphatic carbocycles. The quantitative estimate of drug-likeness (QED) is 0.506. The number of benzene rings is 1. The van der Waals surface area contributed by atoms with E-state index >= 15 is 0 Å². The summed E-state index contributed by atoms with van der Waals surface area (Å²) in [5.41, 5.74) is 1.04. The van der Waals surface area contributed by atoms with Gasteiger partial charge in [-0.1, -0.05) is 37.4 Å². The Morgan fingerprint density at radius 3 is 2.48 bits per heavy atom. The molecule has 6 nitrogen and oxygen atoms in total. The average Bonchev–Trinajstić information content (AvgIpc) is 3.24. The van der Waals surface area contributed by atoms with Gasteiger partial charge < -0.3 is 14.4 Å². The molecule has 31 heavy (non-hydrogen) atoms. The SMILES string of the molecule is COc1ccc(-c2nnc(SCCC3CCCCN3C)n2C2CCCCC2)cc1OC. The van der Waals surface area contributed by atoms with Crippen LogP contribution in [0.3, 0.4) is 0 Å². The topological polar surface area (TPSA) is 52.4 Å². The molecule has 1 unspecified atom stereocenters. The lowest BCUT2D eigenvalue weighted by atomic mass is 9.95. The minimum absolute atomic E-state index is 0.478. The van der Waals surface area contributed by atoms with E-state index in [4.69, 9.17) is 9.47 Å². The van der Waals surface area contributed by atoms with E-state index in [2.05, 4.69) is 32.8 Å². The highest BCUT2D eigenvalue weighted by Crippen LogP contribution is 2.38. The van der Waals surface area contributed by atoms with Gasteiger partial charge in [-0.15, -0.1) is 10.2 Å². The smallest absolute Gasteiger partial charge is 0.191 e. The van der Waals surface area contributed by atoms with Gasteiger partial charge in [-0.2, -0.15) is 0 Å². The van der Waals surface area contributed by atoms with Gasteiger partial charge in [0, 0.05) is 23.4 Å². The molecule has 2 aliphatic rings. The summed E-state index contributed by atoms with van der Waals surface area (Å²) >= 11 is 1.88. The highest BCUT2D eigenvalue weighted by atomic mass is 32.2. The molecule has 0 spiro atoms. The van der Waals surface area contributed by atoms with Crippen molar-refractivity contribution >= 4 is 11.8 Å². The predicted molar refractivity (Wildman–Crippen MR) is 126 cm³/mol. The van der Waals surface area contributed by atoms with Crippen molar-refractivity contribution in [1.82, 2.24) is 19.7 Å². The Morgan fingerprint density at radius 2 is 1.74 bits per heavy atom. The van der Waals surface area contributed by atoms with Gasteiger partial charge in [0.15, 0.2) is 22.5 Å². The van der Waals surface area contributed by atoms with E-state index < -0.39 is 0 Å². The fourth-order valence-corrected chi connectivity index (χ4v) is 6.06. The van der Waals surface area contributed by atoms with E-state index in [-0.39, 0.29) is 0 Å². The monoisotopic (exact) mass is 444 g/mol. The van der Waals surface area contributed by atoms with E-state index in [9.17, 15) is 0 Å². The van der Waals surface area contributed by atoms with Crippen LogP contribution < -0.4 is 9.47 Å². The first-order chi connectivity index (χ1) is 15.2. The van der Waals surface area contributed by atoms with E-state index in [0.717, 1.165) is 33.8 Å². The summed E-state index contributed by atoms with van der Waals surface area (Å²) in [4.78, 5) is 2.53. The van der Waals surface area contributed by atoms with Crippen LogP contribution >= 0.6 is 11.8 Å². The maximum absolute atomic E-state index is 5.54. The van der Waals surface area contributed by atoms with Crippen molar-refractivity contribution in [3.63, 3.8) is 0 Å². The third-order valence-corrected chi connectivity index (χ3v) is 7.83. The van der Waals surface area contributed by atoms with Crippen LogP contribution in [0.15, 0.2) is 23.4 Å². The number of aromatic nitrogens is 3. The average molecular weight is 445 g/mol. The third kappa shape index (κ3) is 5.20. The Morgan fingerprint density at radius 1 is 0.968 bits per heavy atom. The molecule has 1 aromatic carbocycles. The fraction of sp³-hybridized carbons (Fsp3) is 0.667. The molecule has 7 heteroatoms. The lowest BCUT2D eigenvalue weighted by molar-refractivity contribution is 0.182. The molecular formula is C24H36N4O2S. The van der Waals surface area contributed by atoms with Crippen LogP contribution in [0.1, 0.15) is 63.8 Å². The molecule has 1 saturated carbocycles. The number of hydrogen-bond acceptors (Lipinski definition) is 6. The lowest BCUT2D eigenvalue weighted by Gasteiger charge is -2.32. The van der Waals surface area contributed by atoms with Crippen molar-refractivity contribution in [3.8, 4) is 22.9 Å². The molecule has 1 aliphatic heterocycles. The van der Waals surface area contributed by atoms with Crippen LogP contribution in [-0.4, -0.2) is 59.3 Å². The fourth-order valence-electron chi connectivity index (χ4n) is 5.01. The van der Waals surface area contributed by atoms with Crippen molar-refractivity contribution in [2.75, 3.05) is 33.6 Å². The summed E-state index contributed by atoms with van der Waals surface area (Å²) in [6.45, 7) is 1.23. The zero-order valence-electron chi connectivity index (χ0n) is 19.2. The molecule has 1 atom stereocenters. The van der Waals surface area contributed by atoms with E-state index in [1.54, 1.807) is 14.2 Å². The Balaban J connectivity index is 1.56. The van der Waals surface area contributed by atoms with Crippen molar-refractivity contribution in [2.24, 2.45) is 0 Å². The molecule has 4 rings (SSSR count). The summed E-state index contributed by atoms with van der Waals surface area (Å²) in [5, 5.41) is 10.4. The summed E-state index contributed by atoms with van der Waals surface area (Å²) in [6.07, 6.45) is 11.5. The van der Waals surface area contributed by atoms with Gasteiger partial charge in [0.05, 0.1) is 14.2 Å². The first kappa shape index (κ1) is 22.5. The second kappa shape index (κ2) is 10.7. The van der Waals surface area contributed by atoms with Gasteiger partial charge in [0.25, 0.3) is 0 Å². The van der Waals surface area contributed by atoms with Crippen molar-refractivity contribution < 1.29 is 9.47 Å². The number of piperidine rings is 1. The number of hydrogen-bond donors (Lipinski definition) is 0. The zero-order valence-corrected chi connectivity index (χ0v) is 20.0. The minimum Gasteiger partial charge on any atom is -0.493 e. The van der Waals surface area contributed by atoms with Crippen molar-refractivity contribution in [3.05, 3.63) is 18.2 Å². The number of likely N-dealkylation sites (tertiary alicyclic amines) is 1. The van der Waals surface area contributed by atoms with Gasteiger partial charge in [0.1, 0.15) is 0 Å². The van der Waals surface area contributed by atoms with Crippen LogP contribution in [0.25, 0.3) is 11.4 Å². The lowest BCUT2D eigenvalue weighted by Crippen LogP contribution is -2.36. The normalized spacial score (nSPS) is 20.7. The molecular weight excluding hydrogens is 408 g/mol. The molecule has 1 saturated heterocycles. The second-order valence-corrected chi connectivity index (χ2v) is 9.87. The summed E-state index contributed by atoms with van der Waals surface area (Å²) in [7, 11) is 5.62. The van der Waals surface area contributed by atoms with E-state index in [0.29, 0.717) is 12.1 Å². The molecule has 0 N–H and O–H groups in total. The zero-order chi connectivity index (χ0) is 21.6. The van der Waals surface area contributed by atoms with Crippen molar-refractivity contribution in [2.45, 2.75) is 75.0 Å². The molecule has 0 bridgehead atoms. The number of thioether (sulfide) groups is 1. The molecule has 1 aromatic heterocycles. The van der Waals surface area contributed by atoms with Gasteiger partial charge in [-0.25, -0.2) is 0 Å². The summed E-state index contributed by atoms with van der Waals surface area (Å²) < 4.78 is 13.4. The Bertz CT molecular complexity index is 850. The van der Waals surface area contributed by atoms with Gasteiger partial charge in [-0.05, 0) is 63.9 Å². The van der Waals surface area contributed by atoms with Crippen LogP contribution in [0.5, 0.6) is 11.5 Å². The molecule has 2 fully saturated rings. The third-order valence-electron chi connectivity index (χ3n) is 6.85. The minimum atomic E-state index is 0.478. The van der Waals surface area contributed by atoms with Gasteiger partial charge in [-0.3, -0.25) is 4.57 Å². The van der Waals surface area contributed by atoms with Crippen LogP contribution in [0.2, 0.25) is 0 Å². The first-order valence-corrected chi connectivity index (χ1v) is 12.7. The van der Waals surface area contributed by atoms with Crippen LogP contribution in [0.4, 0.5) is 0 Å². The number of ether oxygens (including phenoxy) is 2. The Labute approximate surface area is 190 Å². The maximum Gasteiger partial charge on any atom is 0.191 e. The van der Waals surface area contributed by atoms with Crippen molar-refractivity contribution in [1.29, 1.82) is 0 Å². The van der Waals surface area contributed by atoms with Crippen LogP contribution in [-0.2, 0) is 0 Å². The molecule has 0 amide bonds. The standard InChI is InChI=1S/C24H36N4O2S/c1-27-15-8-7-9-19(27)14-16-31-24-26-25-23(28(24)20-10-5-4-6-11-20)18-12-13-21(29-2)22(17-18)30-3/h12-13,17,19-20H,4-11,14-16H2,1-3H3. The number of methoxy groups -OCH3 is 2. The molecule has 2 aromatic rings. The van der Waals surface area contributed by atoms with E-state index in [1.807, 2.05) is 23.9 Å². The molecule has 170 valence electrons. The van der Waals surface area contributed by atoms with E-state index in [1.165, 1.54) is 64.3 Å². The Kier molecular flexibility index (Phi) is 7.77. The largest absolute Gasteiger partial charge is 0.493 e. The summed E-state index contributed by atoms with van der Waals surface area (Å²) in [5.74, 6) is 3.50. The molecule has 0 radical (unpaired) electrons. The highest BCUT2D eigenvalue weighted by Gasteiger charge is 2.25. The van der Waals surface area contributed by atoms with Gasteiger partial charge >= 0.3 is 0 Å². The maximum atomic E-state index is 5.54. The van der Waals surface area contributed by atoms with Crippen LogP contribution in [0, 0.1) is 0 Å². The summed E-state index contributed by atoms with van der Waals surface area (Å²) in [6, 6.07) is 7.23. The first-order valence-electron chi connectivity index (χ1n) is 11.7. The predicted octanol–water partition coefficient (Wildman–Crippen LogP) is 5.43. The number of rotatable bonds is 8. The highest BCUT2D eigenvalue weighted by molar-refractivity contribution is 7.99. The Hall–Kier alpha value is -1.73. The second-order valence-electron chi connectivity index (χ2n) is 8.81. The molecule has 2 heterocycles.